The third-order valence-corrected chi connectivity index (χ3v) is 4.92. The largest absolute Gasteiger partial charge is 0.481 e. The summed E-state index contributed by atoms with van der Waals surface area (Å²) in [4.78, 5) is 22.9. The number of nitrogens with one attached hydrogen (secondary N) is 2. The van der Waals surface area contributed by atoms with Crippen LogP contribution in [0.15, 0.2) is 6.20 Å². The number of hydrogen-bond acceptors (Lipinski definition) is 3. The Morgan fingerprint density at radius 3 is 2.61 bits per heavy atom. The molecule has 1 aromatic heterocycles. The molecule has 0 aromatic carbocycles. The Bertz CT molecular complexity index is 586. The number of aliphatic carboxylic acids is 1. The number of rotatable bonds is 4. The van der Waals surface area contributed by atoms with Gasteiger partial charge in [-0.15, -0.1) is 0 Å². The van der Waals surface area contributed by atoms with Crippen molar-refractivity contribution >= 4 is 17.7 Å². The van der Waals surface area contributed by atoms with E-state index < -0.39 is 5.97 Å². The molecular formula is C16H24N4O3. The Kier molecular flexibility index (Phi) is 4.54. The monoisotopic (exact) mass is 320 g/mol. The lowest BCUT2D eigenvalue weighted by atomic mass is 9.80. The number of carbonyl (C=O) groups excluding carboxylic acids is 1. The van der Waals surface area contributed by atoms with Crippen LogP contribution in [0.3, 0.4) is 0 Å². The average molecular weight is 320 g/mol. The number of anilines is 1. The fourth-order valence-corrected chi connectivity index (χ4v) is 3.56. The molecule has 126 valence electrons. The summed E-state index contributed by atoms with van der Waals surface area (Å²) in [6.07, 6.45) is 8.80. The zero-order chi connectivity index (χ0) is 16.4. The topological polar surface area (TPSA) is 96.2 Å². The van der Waals surface area contributed by atoms with Gasteiger partial charge in [0.05, 0.1) is 17.3 Å². The van der Waals surface area contributed by atoms with Crippen LogP contribution in [-0.2, 0) is 11.8 Å². The normalized spacial score (nSPS) is 24.7. The number of aromatic nitrogens is 2. The van der Waals surface area contributed by atoms with Crippen LogP contribution in [-0.4, -0.2) is 32.9 Å². The minimum atomic E-state index is -0.782. The molecule has 0 bridgehead atoms. The summed E-state index contributed by atoms with van der Waals surface area (Å²) in [7, 11) is 1.86. The Morgan fingerprint density at radius 2 is 1.96 bits per heavy atom. The summed E-state index contributed by atoms with van der Waals surface area (Å²) in [6, 6.07) is -0.324. The lowest BCUT2D eigenvalue weighted by Gasteiger charge is -2.32. The first-order valence-electron chi connectivity index (χ1n) is 8.37. The first kappa shape index (κ1) is 15.8. The van der Waals surface area contributed by atoms with Gasteiger partial charge >= 0.3 is 12.0 Å². The molecule has 1 heterocycles. The van der Waals surface area contributed by atoms with Crippen molar-refractivity contribution in [3.63, 3.8) is 0 Å². The smallest absolute Gasteiger partial charge is 0.319 e. The zero-order valence-corrected chi connectivity index (χ0v) is 13.4. The highest BCUT2D eigenvalue weighted by Crippen LogP contribution is 2.35. The van der Waals surface area contributed by atoms with E-state index in [-0.39, 0.29) is 18.0 Å². The molecular weight excluding hydrogens is 296 g/mol. The van der Waals surface area contributed by atoms with E-state index in [0.717, 1.165) is 24.2 Å². The van der Waals surface area contributed by atoms with E-state index in [2.05, 4.69) is 15.7 Å². The van der Waals surface area contributed by atoms with Gasteiger partial charge in [0.15, 0.2) is 0 Å². The molecule has 0 saturated heterocycles. The van der Waals surface area contributed by atoms with Gasteiger partial charge in [0.25, 0.3) is 0 Å². The lowest BCUT2D eigenvalue weighted by molar-refractivity contribution is -0.145. The first-order valence-corrected chi connectivity index (χ1v) is 8.37. The lowest BCUT2D eigenvalue weighted by Crippen LogP contribution is -2.48. The van der Waals surface area contributed by atoms with Crippen LogP contribution >= 0.6 is 0 Å². The molecule has 2 aliphatic rings. The summed E-state index contributed by atoms with van der Waals surface area (Å²) < 4.78 is 1.74. The maximum Gasteiger partial charge on any atom is 0.319 e. The maximum atomic E-state index is 12.1. The van der Waals surface area contributed by atoms with E-state index in [1.54, 1.807) is 4.68 Å². The molecule has 3 rings (SSSR count). The van der Waals surface area contributed by atoms with E-state index in [9.17, 15) is 9.59 Å². The van der Waals surface area contributed by atoms with E-state index >= 15 is 0 Å². The fraction of sp³-hybridized carbons (Fsp3) is 0.688. The van der Waals surface area contributed by atoms with E-state index in [1.807, 2.05) is 13.2 Å². The van der Waals surface area contributed by atoms with Gasteiger partial charge in [-0.2, -0.15) is 5.10 Å². The van der Waals surface area contributed by atoms with Crippen molar-refractivity contribution in [2.24, 2.45) is 13.0 Å². The summed E-state index contributed by atoms with van der Waals surface area (Å²) in [5.74, 6) is -0.688. The maximum absolute atomic E-state index is 12.1. The molecule has 0 unspecified atom stereocenters. The second kappa shape index (κ2) is 6.60. The number of carbonyl (C=O) groups is 2. The number of urea groups is 1. The van der Waals surface area contributed by atoms with Gasteiger partial charge in [-0.25, -0.2) is 4.79 Å². The molecule has 23 heavy (non-hydrogen) atoms. The van der Waals surface area contributed by atoms with Gasteiger partial charge in [-0.05, 0) is 25.7 Å². The predicted octanol–water partition coefficient (Wildman–Crippen LogP) is 2.45. The molecule has 0 aliphatic heterocycles. The van der Waals surface area contributed by atoms with Crippen LogP contribution in [0.2, 0.25) is 0 Å². The summed E-state index contributed by atoms with van der Waals surface area (Å²) in [5.41, 5.74) is 1.74. The minimum absolute atomic E-state index is 0.0501. The predicted molar refractivity (Wildman–Crippen MR) is 85.3 cm³/mol. The van der Waals surface area contributed by atoms with E-state index in [1.165, 1.54) is 19.3 Å². The third kappa shape index (κ3) is 3.65. The summed E-state index contributed by atoms with van der Waals surface area (Å²) in [5, 5.41) is 19.1. The molecule has 7 heteroatoms. The second-order valence-corrected chi connectivity index (χ2v) is 6.74. The van der Waals surface area contributed by atoms with Crippen molar-refractivity contribution in [2.45, 2.75) is 56.9 Å². The Labute approximate surface area is 135 Å². The number of nitrogens with zero attached hydrogens (tertiary/aromatic N) is 2. The van der Waals surface area contributed by atoms with Crippen LogP contribution in [0.4, 0.5) is 10.5 Å². The van der Waals surface area contributed by atoms with Gasteiger partial charge in [-0.1, -0.05) is 19.3 Å². The molecule has 0 atom stereocenters. The van der Waals surface area contributed by atoms with Crippen molar-refractivity contribution in [1.29, 1.82) is 0 Å². The van der Waals surface area contributed by atoms with Crippen molar-refractivity contribution in [3.8, 4) is 0 Å². The number of aryl methyl sites for hydroxylation is 1. The van der Waals surface area contributed by atoms with Crippen molar-refractivity contribution in [3.05, 3.63) is 11.9 Å². The van der Waals surface area contributed by atoms with Crippen LogP contribution in [0.25, 0.3) is 0 Å². The molecule has 2 amide bonds. The van der Waals surface area contributed by atoms with Gasteiger partial charge in [-0.3, -0.25) is 9.48 Å². The van der Waals surface area contributed by atoms with Gasteiger partial charge in [0, 0.05) is 25.2 Å². The van der Waals surface area contributed by atoms with Crippen LogP contribution in [0.5, 0.6) is 0 Å². The highest BCUT2D eigenvalue weighted by Gasteiger charge is 2.35. The molecule has 2 fully saturated rings. The van der Waals surface area contributed by atoms with Crippen LogP contribution in [0.1, 0.15) is 56.6 Å². The zero-order valence-electron chi connectivity index (χ0n) is 13.4. The third-order valence-electron chi connectivity index (χ3n) is 4.92. The van der Waals surface area contributed by atoms with Crippen molar-refractivity contribution in [2.75, 3.05) is 5.32 Å². The van der Waals surface area contributed by atoms with Gasteiger partial charge in [0.2, 0.25) is 0 Å². The van der Waals surface area contributed by atoms with Crippen molar-refractivity contribution in [1.82, 2.24) is 15.1 Å². The Hall–Kier alpha value is -2.05. The van der Waals surface area contributed by atoms with Gasteiger partial charge < -0.3 is 15.7 Å². The highest BCUT2D eigenvalue weighted by atomic mass is 16.4. The molecule has 3 N–H and O–H groups in total. The summed E-state index contributed by atoms with van der Waals surface area (Å²) >= 11 is 0. The molecule has 0 radical (unpaired) electrons. The highest BCUT2D eigenvalue weighted by molar-refractivity contribution is 5.90. The van der Waals surface area contributed by atoms with Crippen molar-refractivity contribution < 1.29 is 14.7 Å². The quantitative estimate of drug-likeness (QED) is 0.794. The molecule has 2 saturated carbocycles. The fourth-order valence-electron chi connectivity index (χ4n) is 3.56. The SMILES string of the molecule is Cn1cc(NC(=O)NC2CC(C(=O)O)C2)c(C2CCCCC2)n1. The average Bonchev–Trinajstić information content (AvgIpc) is 2.83. The number of amides is 2. The minimum Gasteiger partial charge on any atom is -0.481 e. The second-order valence-electron chi connectivity index (χ2n) is 6.74. The first-order chi connectivity index (χ1) is 11.0. The summed E-state index contributed by atoms with van der Waals surface area (Å²) in [6.45, 7) is 0. The number of carboxylic acids is 1. The van der Waals surface area contributed by atoms with Crippen LogP contribution in [0, 0.1) is 5.92 Å². The molecule has 1 aromatic rings. The number of hydrogen-bond donors (Lipinski definition) is 3. The Balaban J connectivity index is 1.57. The Morgan fingerprint density at radius 1 is 1.26 bits per heavy atom. The van der Waals surface area contributed by atoms with Crippen LogP contribution < -0.4 is 10.6 Å². The molecule has 0 spiro atoms. The standard InChI is InChI=1S/C16H24N4O3/c1-20-9-13(14(19-20)10-5-3-2-4-6-10)18-16(23)17-12-7-11(8-12)15(21)22/h9-12H,2-8H2,1H3,(H,21,22)(H2,17,18,23). The molecule has 2 aliphatic carbocycles. The van der Waals surface area contributed by atoms with Gasteiger partial charge in [0.1, 0.15) is 0 Å². The molecule has 7 nitrogen and oxygen atoms in total. The van der Waals surface area contributed by atoms with E-state index in [4.69, 9.17) is 5.11 Å². The number of carboxylic acid groups (broad SMARTS) is 1. The van der Waals surface area contributed by atoms with E-state index in [0.29, 0.717) is 18.8 Å².